The molecule has 0 aliphatic carbocycles. The van der Waals surface area contributed by atoms with Crippen LogP contribution in [0.1, 0.15) is 27.2 Å². The first-order valence-electron chi connectivity index (χ1n) is 7.04. The van der Waals surface area contributed by atoms with Gasteiger partial charge < -0.3 is 9.05 Å². The van der Waals surface area contributed by atoms with Crippen molar-refractivity contribution in [3.05, 3.63) is 60.7 Å². The molecule has 3 nitrogen and oxygen atoms in total. The minimum absolute atomic E-state index is 0.296. The van der Waals surface area contributed by atoms with Crippen molar-refractivity contribution in [2.45, 2.75) is 32.8 Å². The van der Waals surface area contributed by atoms with E-state index in [1.54, 1.807) is 0 Å². The van der Waals surface area contributed by atoms with Gasteiger partial charge in [-0.25, -0.2) is 0 Å². The lowest BCUT2D eigenvalue weighted by Crippen LogP contribution is -2.22. The van der Waals surface area contributed by atoms with Crippen LogP contribution in [0.3, 0.4) is 0 Å². The summed E-state index contributed by atoms with van der Waals surface area (Å²) < 4.78 is 17.8. The monoisotopic (exact) mass is 304 g/mol. The first-order chi connectivity index (χ1) is 10.1. The molecule has 21 heavy (non-hydrogen) atoms. The number of para-hydroxylation sites is 2. The molecule has 0 aromatic heterocycles. The largest absolute Gasteiger partial charge is 0.463 e. The van der Waals surface area contributed by atoms with Crippen molar-refractivity contribution in [2.75, 3.05) is 0 Å². The third kappa shape index (κ3) is 5.37. The SMILES string of the molecule is CCC(C)(C)OP(Oc1ccccc1)Oc1ccccc1. The van der Waals surface area contributed by atoms with Crippen molar-refractivity contribution in [1.82, 2.24) is 0 Å². The highest BCUT2D eigenvalue weighted by Gasteiger charge is 2.27. The van der Waals surface area contributed by atoms with Crippen LogP contribution >= 0.6 is 8.60 Å². The van der Waals surface area contributed by atoms with Crippen molar-refractivity contribution in [2.24, 2.45) is 0 Å². The summed E-state index contributed by atoms with van der Waals surface area (Å²) in [7, 11) is -1.51. The van der Waals surface area contributed by atoms with Crippen LogP contribution in [0, 0.1) is 0 Å². The molecule has 0 amide bonds. The van der Waals surface area contributed by atoms with Crippen LogP contribution in [-0.4, -0.2) is 5.60 Å². The minimum Gasteiger partial charge on any atom is -0.418 e. The smallest absolute Gasteiger partial charge is 0.418 e. The van der Waals surface area contributed by atoms with Crippen LogP contribution in [-0.2, 0) is 4.52 Å². The Balaban J connectivity index is 2.10. The van der Waals surface area contributed by atoms with Crippen LogP contribution in [0.25, 0.3) is 0 Å². The maximum Gasteiger partial charge on any atom is 0.463 e. The van der Waals surface area contributed by atoms with Gasteiger partial charge in [-0.1, -0.05) is 43.3 Å². The molecule has 0 unspecified atom stereocenters. The van der Waals surface area contributed by atoms with E-state index in [4.69, 9.17) is 13.6 Å². The molecule has 4 heteroatoms. The quantitative estimate of drug-likeness (QED) is 0.625. The third-order valence-electron chi connectivity index (χ3n) is 3.02. The van der Waals surface area contributed by atoms with Gasteiger partial charge in [-0.2, -0.15) is 0 Å². The maximum atomic E-state index is 6.02. The fraction of sp³-hybridized carbons (Fsp3) is 0.294. The number of rotatable bonds is 7. The van der Waals surface area contributed by atoms with E-state index in [0.29, 0.717) is 0 Å². The van der Waals surface area contributed by atoms with Gasteiger partial charge in [-0.05, 0) is 44.5 Å². The van der Waals surface area contributed by atoms with E-state index in [2.05, 4.69) is 6.92 Å². The Morgan fingerprint density at radius 3 is 1.62 bits per heavy atom. The molecule has 2 aromatic rings. The zero-order valence-corrected chi connectivity index (χ0v) is 13.5. The van der Waals surface area contributed by atoms with Gasteiger partial charge in [0, 0.05) is 0 Å². The van der Waals surface area contributed by atoms with Crippen molar-refractivity contribution in [3.63, 3.8) is 0 Å². The van der Waals surface area contributed by atoms with Crippen LogP contribution in [0.5, 0.6) is 11.5 Å². The minimum atomic E-state index is -1.51. The molecule has 0 spiro atoms. The Morgan fingerprint density at radius 2 is 1.24 bits per heavy atom. The Kier molecular flexibility index (Phi) is 5.60. The maximum absolute atomic E-state index is 6.02. The van der Waals surface area contributed by atoms with E-state index in [1.807, 2.05) is 74.5 Å². The first kappa shape index (κ1) is 15.8. The Bertz CT molecular complexity index is 487. The zero-order chi connectivity index (χ0) is 15.1. The van der Waals surface area contributed by atoms with Gasteiger partial charge in [0.25, 0.3) is 0 Å². The van der Waals surface area contributed by atoms with Gasteiger partial charge in [-0.15, -0.1) is 0 Å². The highest BCUT2D eigenvalue weighted by molar-refractivity contribution is 7.42. The summed E-state index contributed by atoms with van der Waals surface area (Å²) in [4.78, 5) is 0. The average Bonchev–Trinajstić information content (AvgIpc) is 2.49. The van der Waals surface area contributed by atoms with Crippen molar-refractivity contribution >= 4 is 8.60 Å². The molecular weight excluding hydrogens is 283 g/mol. The van der Waals surface area contributed by atoms with Gasteiger partial charge in [-0.3, -0.25) is 4.52 Å². The second-order valence-corrected chi connectivity index (χ2v) is 6.23. The van der Waals surface area contributed by atoms with E-state index in [1.165, 1.54) is 0 Å². The molecule has 0 heterocycles. The molecule has 2 aromatic carbocycles. The molecule has 0 N–H and O–H groups in total. The highest BCUT2D eigenvalue weighted by atomic mass is 31.2. The van der Waals surface area contributed by atoms with Gasteiger partial charge in [0.15, 0.2) is 0 Å². The number of hydrogen-bond donors (Lipinski definition) is 0. The predicted octanol–water partition coefficient (Wildman–Crippen LogP) is 5.58. The van der Waals surface area contributed by atoms with E-state index in [0.717, 1.165) is 17.9 Å². The molecule has 0 saturated carbocycles. The molecule has 0 aliphatic rings. The van der Waals surface area contributed by atoms with Gasteiger partial charge >= 0.3 is 8.60 Å². The second kappa shape index (κ2) is 7.44. The molecule has 2 rings (SSSR count). The van der Waals surface area contributed by atoms with Crippen LogP contribution in [0.2, 0.25) is 0 Å². The topological polar surface area (TPSA) is 27.7 Å². The third-order valence-corrected chi connectivity index (χ3v) is 4.38. The van der Waals surface area contributed by atoms with Gasteiger partial charge in [0.05, 0.1) is 5.60 Å². The van der Waals surface area contributed by atoms with Gasteiger partial charge in [0.2, 0.25) is 0 Å². The Morgan fingerprint density at radius 1 is 0.810 bits per heavy atom. The fourth-order valence-corrected chi connectivity index (χ4v) is 2.69. The molecule has 0 radical (unpaired) electrons. The molecule has 0 saturated heterocycles. The van der Waals surface area contributed by atoms with E-state index in [-0.39, 0.29) is 5.60 Å². The van der Waals surface area contributed by atoms with Gasteiger partial charge in [0.1, 0.15) is 11.5 Å². The van der Waals surface area contributed by atoms with E-state index < -0.39 is 8.60 Å². The predicted molar refractivity (Wildman–Crippen MR) is 86.5 cm³/mol. The molecule has 0 aliphatic heterocycles. The normalized spacial score (nSPS) is 11.4. The van der Waals surface area contributed by atoms with Crippen LogP contribution in [0.4, 0.5) is 0 Å². The second-order valence-electron chi connectivity index (χ2n) is 5.24. The number of benzene rings is 2. The van der Waals surface area contributed by atoms with Crippen molar-refractivity contribution in [1.29, 1.82) is 0 Å². The molecule has 112 valence electrons. The highest BCUT2D eigenvalue weighted by Crippen LogP contribution is 2.45. The van der Waals surface area contributed by atoms with Crippen LogP contribution < -0.4 is 9.05 Å². The standard InChI is InChI=1S/C17H21O3P/c1-4-17(2,3)20-21(18-15-11-7-5-8-12-15)19-16-13-9-6-10-14-16/h5-14H,4H2,1-3H3. The molecule has 0 fully saturated rings. The van der Waals surface area contributed by atoms with E-state index in [9.17, 15) is 0 Å². The molecular formula is C17H21O3P. The summed E-state index contributed by atoms with van der Waals surface area (Å²) >= 11 is 0. The fourth-order valence-electron chi connectivity index (χ4n) is 1.46. The average molecular weight is 304 g/mol. The van der Waals surface area contributed by atoms with E-state index >= 15 is 0 Å². The lowest BCUT2D eigenvalue weighted by atomic mass is 10.1. The summed E-state index contributed by atoms with van der Waals surface area (Å²) in [6, 6.07) is 19.2. The molecule has 0 atom stereocenters. The summed E-state index contributed by atoms with van der Waals surface area (Å²) in [5.41, 5.74) is -0.296. The summed E-state index contributed by atoms with van der Waals surface area (Å²) in [6.45, 7) is 6.15. The first-order valence-corrected chi connectivity index (χ1v) is 8.14. The van der Waals surface area contributed by atoms with Crippen LogP contribution in [0.15, 0.2) is 60.7 Å². The Labute approximate surface area is 127 Å². The van der Waals surface area contributed by atoms with Crippen molar-refractivity contribution in [3.8, 4) is 11.5 Å². The lowest BCUT2D eigenvalue weighted by molar-refractivity contribution is 0.0918. The summed E-state index contributed by atoms with van der Waals surface area (Å²) in [5.74, 6) is 1.48. The molecule has 0 bridgehead atoms. The van der Waals surface area contributed by atoms with Crippen molar-refractivity contribution < 1.29 is 13.6 Å². The number of hydrogen-bond acceptors (Lipinski definition) is 3. The summed E-state index contributed by atoms with van der Waals surface area (Å²) in [6.07, 6.45) is 0.877. The summed E-state index contributed by atoms with van der Waals surface area (Å²) in [5, 5.41) is 0. The zero-order valence-electron chi connectivity index (χ0n) is 12.7. The Hall–Kier alpha value is -1.57. The lowest BCUT2D eigenvalue weighted by Gasteiger charge is -2.27.